The van der Waals surface area contributed by atoms with Crippen LogP contribution in [0.1, 0.15) is 44.9 Å². The van der Waals surface area contributed by atoms with Gasteiger partial charge in [0.15, 0.2) is 0 Å². The van der Waals surface area contributed by atoms with Crippen molar-refractivity contribution < 1.29 is 19.4 Å². The number of benzene rings is 1. The molecule has 4 N–H and O–H groups in total. The minimum absolute atomic E-state index is 0.0463. The van der Waals surface area contributed by atoms with Crippen molar-refractivity contribution in [2.45, 2.75) is 51.0 Å². The molecule has 0 bridgehead atoms. The van der Waals surface area contributed by atoms with Crippen LogP contribution >= 0.6 is 11.6 Å². The van der Waals surface area contributed by atoms with Crippen LogP contribution in [0.3, 0.4) is 0 Å². The number of amides is 1. The molecule has 1 saturated heterocycles. The van der Waals surface area contributed by atoms with Crippen molar-refractivity contribution in [3.8, 4) is 5.75 Å². The maximum Gasteiger partial charge on any atom is 0.330 e. The molecule has 1 aromatic rings. The zero-order valence-electron chi connectivity index (χ0n) is 15.6. The van der Waals surface area contributed by atoms with Crippen LogP contribution in [0.25, 0.3) is 0 Å². The molecule has 1 heterocycles. The highest BCUT2D eigenvalue weighted by molar-refractivity contribution is 6.30. The quantitative estimate of drug-likeness (QED) is 0.414. The average molecular weight is 397 g/mol. The molecule has 1 aliphatic rings. The van der Waals surface area contributed by atoms with Crippen LogP contribution in [0.15, 0.2) is 36.4 Å². The number of unbranched alkanes of at least 4 members (excludes halogenated alkanes) is 3. The molecule has 2 rings (SSSR count). The summed E-state index contributed by atoms with van der Waals surface area (Å²) < 4.78 is 5.56. The van der Waals surface area contributed by atoms with E-state index in [1.807, 2.05) is 12.1 Å². The summed E-state index contributed by atoms with van der Waals surface area (Å²) in [6.45, 7) is 5.11. The Morgan fingerprint density at radius 1 is 1.22 bits per heavy atom. The van der Waals surface area contributed by atoms with E-state index in [4.69, 9.17) is 27.2 Å². The van der Waals surface area contributed by atoms with Crippen LogP contribution in [-0.2, 0) is 9.59 Å². The summed E-state index contributed by atoms with van der Waals surface area (Å²) in [5, 5.41) is 12.3. The smallest absolute Gasteiger partial charge is 0.330 e. The standard InChI is InChI=1S/C15H19ClO3.C5H10N2O/c1-12(15(17)18)6-4-2-3-5-11-19-14-9-7-13(16)8-10-14;6-5(8)4-2-1-3-7-4/h7-10H,1-6,11H2,(H,17,18);4,7H,1-3H2,(H2,6,8). The first-order valence-electron chi connectivity index (χ1n) is 9.22. The molecule has 0 saturated carbocycles. The van der Waals surface area contributed by atoms with E-state index >= 15 is 0 Å². The molecule has 6 nitrogen and oxygen atoms in total. The molecule has 1 amide bonds. The van der Waals surface area contributed by atoms with Crippen LogP contribution in [0.2, 0.25) is 5.02 Å². The number of carboxylic acid groups (broad SMARTS) is 1. The second-order valence-electron chi connectivity index (χ2n) is 6.43. The Kier molecular flexibility index (Phi) is 11.2. The maximum absolute atomic E-state index is 10.5. The number of carboxylic acids is 1. The fraction of sp³-hybridized carbons (Fsp3) is 0.500. The summed E-state index contributed by atoms with van der Waals surface area (Å²) in [6, 6.07) is 7.25. The van der Waals surface area contributed by atoms with E-state index in [2.05, 4.69) is 11.9 Å². The number of halogens is 1. The van der Waals surface area contributed by atoms with Gasteiger partial charge in [0.2, 0.25) is 5.91 Å². The largest absolute Gasteiger partial charge is 0.494 e. The van der Waals surface area contributed by atoms with Gasteiger partial charge in [-0.1, -0.05) is 31.0 Å². The van der Waals surface area contributed by atoms with Crippen molar-refractivity contribution in [2.24, 2.45) is 5.73 Å². The summed E-state index contributed by atoms with van der Waals surface area (Å²) in [7, 11) is 0. The average Bonchev–Trinajstić information content (AvgIpc) is 3.18. The Balaban J connectivity index is 0.000000377. The molecular formula is C20H29ClN2O4. The number of hydrogen-bond acceptors (Lipinski definition) is 4. The van der Waals surface area contributed by atoms with Crippen molar-refractivity contribution >= 4 is 23.5 Å². The topological polar surface area (TPSA) is 102 Å². The van der Waals surface area contributed by atoms with Gasteiger partial charge in [0.25, 0.3) is 0 Å². The number of aliphatic carboxylic acids is 1. The van der Waals surface area contributed by atoms with Crippen LogP contribution in [0.4, 0.5) is 0 Å². The second kappa shape index (κ2) is 13.2. The van der Waals surface area contributed by atoms with Crippen molar-refractivity contribution in [1.29, 1.82) is 0 Å². The minimum atomic E-state index is -0.897. The van der Waals surface area contributed by atoms with Gasteiger partial charge in [-0.2, -0.15) is 0 Å². The van der Waals surface area contributed by atoms with Gasteiger partial charge in [0.1, 0.15) is 5.75 Å². The van der Waals surface area contributed by atoms with Crippen molar-refractivity contribution in [3.63, 3.8) is 0 Å². The van der Waals surface area contributed by atoms with Gasteiger partial charge < -0.3 is 20.9 Å². The molecule has 7 heteroatoms. The van der Waals surface area contributed by atoms with Gasteiger partial charge >= 0.3 is 5.97 Å². The van der Waals surface area contributed by atoms with Gasteiger partial charge in [-0.05, 0) is 62.9 Å². The Morgan fingerprint density at radius 3 is 2.41 bits per heavy atom. The predicted molar refractivity (Wildman–Crippen MR) is 107 cm³/mol. The van der Waals surface area contributed by atoms with E-state index in [-0.39, 0.29) is 17.5 Å². The van der Waals surface area contributed by atoms with Crippen molar-refractivity contribution in [1.82, 2.24) is 5.32 Å². The second-order valence-corrected chi connectivity index (χ2v) is 6.86. The Morgan fingerprint density at radius 2 is 1.89 bits per heavy atom. The van der Waals surface area contributed by atoms with Crippen LogP contribution in [0.5, 0.6) is 5.75 Å². The summed E-state index contributed by atoms with van der Waals surface area (Å²) in [5.41, 5.74) is 5.29. The monoisotopic (exact) mass is 396 g/mol. The third-order valence-corrected chi connectivity index (χ3v) is 4.41. The van der Waals surface area contributed by atoms with Gasteiger partial charge in [0.05, 0.1) is 12.6 Å². The lowest BCUT2D eigenvalue weighted by molar-refractivity contribution is -0.132. The number of ether oxygens (including phenoxy) is 1. The lowest BCUT2D eigenvalue weighted by Gasteiger charge is -2.06. The predicted octanol–water partition coefficient (Wildman–Crippen LogP) is 3.53. The lowest BCUT2D eigenvalue weighted by Crippen LogP contribution is -2.36. The van der Waals surface area contributed by atoms with Crippen molar-refractivity contribution in [2.75, 3.05) is 13.2 Å². The number of nitrogens with one attached hydrogen (secondary N) is 1. The highest BCUT2D eigenvalue weighted by Crippen LogP contribution is 2.16. The molecule has 0 radical (unpaired) electrons. The van der Waals surface area contributed by atoms with E-state index in [9.17, 15) is 9.59 Å². The molecule has 0 aromatic heterocycles. The Bertz CT molecular complexity index is 599. The van der Waals surface area contributed by atoms with Gasteiger partial charge in [-0.15, -0.1) is 0 Å². The van der Waals surface area contributed by atoms with E-state index in [0.717, 1.165) is 50.8 Å². The highest BCUT2D eigenvalue weighted by atomic mass is 35.5. The highest BCUT2D eigenvalue weighted by Gasteiger charge is 2.18. The molecule has 1 atom stereocenters. The summed E-state index contributed by atoms with van der Waals surface area (Å²) >= 11 is 5.77. The number of rotatable bonds is 10. The van der Waals surface area contributed by atoms with E-state index in [1.165, 1.54) is 0 Å². The number of carbonyl (C=O) groups is 2. The van der Waals surface area contributed by atoms with Crippen LogP contribution < -0.4 is 15.8 Å². The first kappa shape index (κ1) is 23.0. The van der Waals surface area contributed by atoms with E-state index in [1.54, 1.807) is 12.1 Å². The molecule has 27 heavy (non-hydrogen) atoms. The number of carbonyl (C=O) groups excluding carboxylic acids is 1. The van der Waals surface area contributed by atoms with Crippen LogP contribution in [0, 0.1) is 0 Å². The lowest BCUT2D eigenvalue weighted by atomic mass is 10.1. The zero-order chi connectivity index (χ0) is 20.1. The minimum Gasteiger partial charge on any atom is -0.494 e. The fourth-order valence-corrected chi connectivity index (χ4v) is 2.68. The summed E-state index contributed by atoms with van der Waals surface area (Å²) in [5.74, 6) is -0.294. The van der Waals surface area contributed by atoms with Gasteiger partial charge in [0, 0.05) is 10.6 Å². The maximum atomic E-state index is 10.5. The normalized spacial score (nSPS) is 15.5. The van der Waals surface area contributed by atoms with Gasteiger partial charge in [-0.25, -0.2) is 4.79 Å². The number of nitrogens with two attached hydrogens (primary N) is 1. The summed E-state index contributed by atoms with van der Waals surface area (Å²) in [6.07, 6.45) is 6.40. The molecular weight excluding hydrogens is 368 g/mol. The number of hydrogen-bond donors (Lipinski definition) is 3. The van der Waals surface area contributed by atoms with Gasteiger partial charge in [-0.3, -0.25) is 4.79 Å². The SMILES string of the molecule is C=C(CCCCCCOc1ccc(Cl)cc1)C(=O)O.NC(=O)C1CCCN1. The van der Waals surface area contributed by atoms with E-state index < -0.39 is 5.97 Å². The van der Waals surface area contributed by atoms with Crippen molar-refractivity contribution in [3.05, 3.63) is 41.4 Å². The number of primary amides is 1. The molecule has 1 unspecified atom stereocenters. The molecule has 1 aliphatic heterocycles. The molecule has 1 aromatic carbocycles. The Hall–Kier alpha value is -2.05. The third-order valence-electron chi connectivity index (χ3n) is 4.16. The molecule has 0 aliphatic carbocycles. The molecule has 0 spiro atoms. The summed E-state index contributed by atoms with van der Waals surface area (Å²) in [4.78, 5) is 20.9. The first-order chi connectivity index (χ1) is 12.9. The first-order valence-corrected chi connectivity index (χ1v) is 9.60. The fourth-order valence-electron chi connectivity index (χ4n) is 2.55. The van der Waals surface area contributed by atoms with Crippen LogP contribution in [-0.4, -0.2) is 36.2 Å². The zero-order valence-corrected chi connectivity index (χ0v) is 16.3. The third kappa shape index (κ3) is 10.6. The van der Waals surface area contributed by atoms with E-state index in [0.29, 0.717) is 18.1 Å². The Labute approximate surface area is 165 Å². The molecule has 1 fully saturated rings. The molecule has 150 valence electrons.